The van der Waals surface area contributed by atoms with E-state index in [1.54, 1.807) is 6.92 Å². The van der Waals surface area contributed by atoms with Gasteiger partial charge in [-0.05, 0) is 13.3 Å². The lowest BCUT2D eigenvalue weighted by atomic mass is 10.4. The van der Waals surface area contributed by atoms with Gasteiger partial charge < -0.3 is 14.9 Å². The molecule has 2 N–H and O–H groups in total. The van der Waals surface area contributed by atoms with Gasteiger partial charge in [0.2, 0.25) is 0 Å². The number of carbonyl (C=O) groups is 3. The molecular weight excluding hydrogens is 228 g/mol. The second-order valence-electron chi connectivity index (χ2n) is 2.93. The van der Waals surface area contributed by atoms with Crippen LogP contribution in [0.25, 0.3) is 0 Å². The van der Waals surface area contributed by atoms with Crippen LogP contribution >= 0.6 is 0 Å². The second kappa shape index (κ2) is 10.4. The Morgan fingerprint density at radius 2 is 1.59 bits per heavy atom. The van der Waals surface area contributed by atoms with Crippen LogP contribution in [0.1, 0.15) is 20.3 Å². The molecule has 0 unspecified atom stereocenters. The monoisotopic (exact) mass is 244 g/mol. The maximum atomic E-state index is 10.6. The molecule has 6 nitrogen and oxygen atoms in total. The number of ether oxygens (including phenoxy) is 1. The summed E-state index contributed by atoms with van der Waals surface area (Å²) in [5, 5.41) is 15.6. The molecule has 0 saturated carbocycles. The fourth-order valence-corrected chi connectivity index (χ4v) is 0.461. The molecule has 0 radical (unpaired) electrons. The molecule has 0 atom stereocenters. The lowest BCUT2D eigenvalue weighted by molar-refractivity contribution is -0.139. The number of esters is 1. The maximum absolute atomic E-state index is 10.6. The summed E-state index contributed by atoms with van der Waals surface area (Å²) in [5.41, 5.74) is 0.462. The molecule has 17 heavy (non-hydrogen) atoms. The summed E-state index contributed by atoms with van der Waals surface area (Å²) < 4.78 is 4.71. The molecular formula is C11H16O6. The predicted molar refractivity (Wildman–Crippen MR) is 60.5 cm³/mol. The van der Waals surface area contributed by atoms with Crippen molar-refractivity contribution in [3.8, 4) is 0 Å². The second-order valence-corrected chi connectivity index (χ2v) is 2.93. The lowest BCUT2D eigenvalue weighted by Crippen LogP contribution is -2.04. The first-order valence-electron chi connectivity index (χ1n) is 4.77. The zero-order valence-electron chi connectivity index (χ0n) is 9.80. The van der Waals surface area contributed by atoms with Crippen molar-refractivity contribution < 1.29 is 29.3 Å². The van der Waals surface area contributed by atoms with Crippen molar-refractivity contribution in [3.05, 3.63) is 24.3 Å². The van der Waals surface area contributed by atoms with E-state index >= 15 is 0 Å². The Morgan fingerprint density at radius 1 is 1.18 bits per heavy atom. The van der Waals surface area contributed by atoms with Gasteiger partial charge in [-0.15, -0.1) is 0 Å². The van der Waals surface area contributed by atoms with E-state index in [2.05, 4.69) is 6.58 Å². The maximum Gasteiger partial charge on any atom is 0.333 e. The van der Waals surface area contributed by atoms with Crippen LogP contribution in [0.4, 0.5) is 0 Å². The van der Waals surface area contributed by atoms with E-state index in [1.807, 2.05) is 6.92 Å². The van der Waals surface area contributed by atoms with E-state index < -0.39 is 11.9 Å². The zero-order valence-corrected chi connectivity index (χ0v) is 9.80. The van der Waals surface area contributed by atoms with Gasteiger partial charge >= 0.3 is 17.9 Å². The SMILES string of the molecule is C=C(C)C(=O)OCCC.O=C(O)/C=C\C(=O)O. The molecule has 96 valence electrons. The Balaban J connectivity index is 0. The van der Waals surface area contributed by atoms with Crippen LogP contribution in [-0.4, -0.2) is 34.7 Å². The number of aliphatic carboxylic acids is 2. The van der Waals surface area contributed by atoms with E-state index in [0.29, 0.717) is 24.3 Å². The fraction of sp³-hybridized carbons (Fsp3) is 0.364. The highest BCUT2D eigenvalue weighted by molar-refractivity contribution is 5.89. The summed E-state index contributed by atoms with van der Waals surface area (Å²) in [7, 11) is 0. The highest BCUT2D eigenvalue weighted by Crippen LogP contribution is 1.91. The molecule has 0 amide bonds. The van der Waals surface area contributed by atoms with Crippen molar-refractivity contribution in [1.29, 1.82) is 0 Å². The van der Waals surface area contributed by atoms with Gasteiger partial charge in [0.15, 0.2) is 0 Å². The molecule has 0 aliphatic rings. The highest BCUT2D eigenvalue weighted by atomic mass is 16.5. The standard InChI is InChI=1S/C7H12O2.C4H4O4/c1-4-5-9-7(8)6(2)3;5-3(6)1-2-4(7)8/h2,4-5H2,1,3H3;1-2H,(H,5,6)(H,7,8)/b;2-1-. The molecule has 0 rings (SSSR count). The Labute approximate surface area is 99.2 Å². The predicted octanol–water partition coefficient (Wildman–Crippen LogP) is 1.23. The molecule has 0 heterocycles. The van der Waals surface area contributed by atoms with Crippen LogP contribution in [-0.2, 0) is 19.1 Å². The van der Waals surface area contributed by atoms with Crippen molar-refractivity contribution in [2.45, 2.75) is 20.3 Å². The van der Waals surface area contributed by atoms with Crippen LogP contribution in [0.2, 0.25) is 0 Å². The van der Waals surface area contributed by atoms with Crippen molar-refractivity contribution in [2.24, 2.45) is 0 Å². The molecule has 0 bridgehead atoms. The highest BCUT2D eigenvalue weighted by Gasteiger charge is 1.99. The minimum Gasteiger partial charge on any atom is -0.478 e. The lowest BCUT2D eigenvalue weighted by Gasteiger charge is -1.99. The molecule has 0 aliphatic carbocycles. The Kier molecular flexibility index (Phi) is 10.6. The number of carboxylic acid groups (broad SMARTS) is 2. The average Bonchev–Trinajstić information content (AvgIpc) is 2.23. The van der Waals surface area contributed by atoms with E-state index in [0.717, 1.165) is 6.42 Å². The van der Waals surface area contributed by atoms with E-state index in [9.17, 15) is 14.4 Å². The summed E-state index contributed by atoms with van der Waals surface area (Å²) in [5.74, 6) is -2.81. The van der Waals surface area contributed by atoms with Crippen molar-refractivity contribution in [3.63, 3.8) is 0 Å². The Hall–Kier alpha value is -2.11. The van der Waals surface area contributed by atoms with Crippen LogP contribution < -0.4 is 0 Å². The van der Waals surface area contributed by atoms with Gasteiger partial charge in [-0.25, -0.2) is 14.4 Å². The topological polar surface area (TPSA) is 101 Å². The van der Waals surface area contributed by atoms with Crippen molar-refractivity contribution >= 4 is 17.9 Å². The number of carboxylic acids is 2. The minimum absolute atomic E-state index is 0.295. The molecule has 0 saturated heterocycles. The largest absolute Gasteiger partial charge is 0.478 e. The van der Waals surface area contributed by atoms with E-state index in [1.165, 1.54) is 0 Å². The summed E-state index contributed by atoms with van der Waals surface area (Å²) in [6.45, 7) is 7.51. The molecule has 0 aromatic rings. The average molecular weight is 244 g/mol. The number of carbonyl (C=O) groups excluding carboxylic acids is 1. The van der Waals surface area contributed by atoms with Gasteiger partial charge in [-0.1, -0.05) is 13.5 Å². The van der Waals surface area contributed by atoms with E-state index in [-0.39, 0.29) is 5.97 Å². The molecule has 6 heteroatoms. The van der Waals surface area contributed by atoms with Crippen LogP contribution in [0.5, 0.6) is 0 Å². The Morgan fingerprint density at radius 3 is 1.82 bits per heavy atom. The minimum atomic E-state index is -1.26. The van der Waals surface area contributed by atoms with Gasteiger partial charge in [0.1, 0.15) is 0 Å². The van der Waals surface area contributed by atoms with Crippen LogP contribution in [0, 0.1) is 0 Å². The van der Waals surface area contributed by atoms with Gasteiger partial charge in [-0.2, -0.15) is 0 Å². The van der Waals surface area contributed by atoms with Gasteiger partial charge in [0.05, 0.1) is 6.61 Å². The van der Waals surface area contributed by atoms with Gasteiger partial charge in [0.25, 0.3) is 0 Å². The third-order valence-electron chi connectivity index (χ3n) is 1.15. The number of rotatable bonds is 5. The third-order valence-corrected chi connectivity index (χ3v) is 1.15. The van der Waals surface area contributed by atoms with Crippen molar-refractivity contribution in [2.75, 3.05) is 6.61 Å². The zero-order chi connectivity index (χ0) is 13.8. The van der Waals surface area contributed by atoms with Crippen molar-refractivity contribution in [1.82, 2.24) is 0 Å². The molecule has 0 aromatic carbocycles. The summed E-state index contributed by atoms with van der Waals surface area (Å²) in [6, 6.07) is 0. The molecule has 0 spiro atoms. The van der Waals surface area contributed by atoms with Gasteiger partial charge in [0, 0.05) is 17.7 Å². The first-order valence-corrected chi connectivity index (χ1v) is 4.77. The van der Waals surface area contributed by atoms with E-state index in [4.69, 9.17) is 14.9 Å². The molecule has 0 aromatic heterocycles. The molecule has 0 fully saturated rings. The molecule has 0 aliphatic heterocycles. The first-order chi connectivity index (χ1) is 7.81. The quantitative estimate of drug-likeness (QED) is 0.557. The first kappa shape index (κ1) is 17.3. The third kappa shape index (κ3) is 16.6. The van der Waals surface area contributed by atoms with Gasteiger partial charge in [-0.3, -0.25) is 0 Å². The number of hydrogen-bond acceptors (Lipinski definition) is 4. The van der Waals surface area contributed by atoms with Crippen LogP contribution in [0.3, 0.4) is 0 Å². The summed E-state index contributed by atoms with van der Waals surface area (Å²) >= 11 is 0. The summed E-state index contributed by atoms with van der Waals surface area (Å²) in [4.78, 5) is 29.7. The normalized spacial score (nSPS) is 9.06. The summed E-state index contributed by atoms with van der Waals surface area (Å²) in [6.07, 6.45) is 1.98. The Bertz CT molecular complexity index is 300. The smallest absolute Gasteiger partial charge is 0.333 e. The van der Waals surface area contributed by atoms with Crippen LogP contribution in [0.15, 0.2) is 24.3 Å². The number of hydrogen-bond donors (Lipinski definition) is 2. The fourth-order valence-electron chi connectivity index (χ4n) is 0.461.